The van der Waals surface area contributed by atoms with Crippen LogP contribution in [0, 0.1) is 0 Å². The fraction of sp³-hybridized carbons (Fsp3) is 0.600. The molecule has 0 bridgehead atoms. The first-order chi connectivity index (χ1) is 9.50. The summed E-state index contributed by atoms with van der Waals surface area (Å²) >= 11 is 0. The molecule has 1 saturated heterocycles. The predicted octanol–water partition coefficient (Wildman–Crippen LogP) is 2.35. The Labute approximate surface area is 121 Å². The zero-order valence-corrected chi connectivity index (χ0v) is 12.9. The third kappa shape index (κ3) is 2.90. The van der Waals surface area contributed by atoms with Crippen molar-refractivity contribution in [2.75, 3.05) is 13.2 Å². The van der Waals surface area contributed by atoms with Gasteiger partial charge in [0.25, 0.3) is 0 Å². The molecule has 0 spiro atoms. The van der Waals surface area contributed by atoms with E-state index in [1.54, 1.807) is 12.1 Å². The lowest BCUT2D eigenvalue weighted by molar-refractivity contribution is 0.213. The SMILES string of the molecule is CCC(C)c1ccc(S(=O)(=O)N2CCC[C@H]2CO)cc1. The first-order valence-corrected chi connectivity index (χ1v) is 8.67. The molecule has 1 aromatic rings. The minimum atomic E-state index is -3.48. The summed E-state index contributed by atoms with van der Waals surface area (Å²) in [5.41, 5.74) is 1.16. The van der Waals surface area contributed by atoms with Gasteiger partial charge in [-0.05, 0) is 42.9 Å². The van der Waals surface area contributed by atoms with Gasteiger partial charge >= 0.3 is 0 Å². The van der Waals surface area contributed by atoms with E-state index in [1.807, 2.05) is 12.1 Å². The molecular weight excluding hydrogens is 274 g/mol. The van der Waals surface area contributed by atoms with Gasteiger partial charge < -0.3 is 5.11 Å². The first kappa shape index (κ1) is 15.5. The van der Waals surface area contributed by atoms with Gasteiger partial charge in [-0.15, -0.1) is 0 Å². The molecule has 0 saturated carbocycles. The van der Waals surface area contributed by atoms with E-state index >= 15 is 0 Å². The fourth-order valence-electron chi connectivity index (χ4n) is 2.65. The van der Waals surface area contributed by atoms with Crippen LogP contribution in [0.5, 0.6) is 0 Å². The molecule has 1 aliphatic rings. The number of aliphatic hydroxyl groups is 1. The normalized spacial score (nSPS) is 22.1. The minimum Gasteiger partial charge on any atom is -0.395 e. The number of benzene rings is 1. The summed E-state index contributed by atoms with van der Waals surface area (Å²) in [6, 6.07) is 6.89. The van der Waals surface area contributed by atoms with Gasteiger partial charge in [-0.25, -0.2) is 8.42 Å². The van der Waals surface area contributed by atoms with E-state index in [9.17, 15) is 13.5 Å². The molecule has 112 valence electrons. The number of rotatable bonds is 5. The molecule has 1 N–H and O–H groups in total. The summed E-state index contributed by atoms with van der Waals surface area (Å²) in [5, 5.41) is 9.29. The molecule has 1 fully saturated rings. The van der Waals surface area contributed by atoms with Crippen LogP contribution in [0.2, 0.25) is 0 Å². The van der Waals surface area contributed by atoms with E-state index in [0.717, 1.165) is 24.8 Å². The average Bonchev–Trinajstić information content (AvgIpc) is 2.95. The van der Waals surface area contributed by atoms with Crippen LogP contribution < -0.4 is 0 Å². The highest BCUT2D eigenvalue weighted by atomic mass is 32.2. The van der Waals surface area contributed by atoms with Gasteiger partial charge in [-0.3, -0.25) is 0 Å². The molecular formula is C15H23NO3S. The third-order valence-corrected chi connectivity index (χ3v) is 6.17. The number of nitrogens with zero attached hydrogens (tertiary/aromatic N) is 1. The Morgan fingerprint density at radius 3 is 2.55 bits per heavy atom. The second-order valence-corrected chi connectivity index (χ2v) is 7.36. The second-order valence-electron chi connectivity index (χ2n) is 5.47. The van der Waals surface area contributed by atoms with Crippen LogP contribution in [0.3, 0.4) is 0 Å². The lowest BCUT2D eigenvalue weighted by Crippen LogP contribution is -2.37. The lowest BCUT2D eigenvalue weighted by atomic mass is 9.99. The number of hydrogen-bond donors (Lipinski definition) is 1. The maximum absolute atomic E-state index is 12.6. The molecule has 1 heterocycles. The van der Waals surface area contributed by atoms with Crippen molar-refractivity contribution in [3.8, 4) is 0 Å². The monoisotopic (exact) mass is 297 g/mol. The summed E-state index contributed by atoms with van der Waals surface area (Å²) in [6.45, 7) is 4.64. The van der Waals surface area contributed by atoms with E-state index in [-0.39, 0.29) is 12.6 Å². The van der Waals surface area contributed by atoms with Crippen molar-refractivity contribution >= 4 is 10.0 Å². The van der Waals surface area contributed by atoms with Crippen LogP contribution in [-0.4, -0.2) is 37.0 Å². The molecule has 4 nitrogen and oxygen atoms in total. The highest BCUT2D eigenvalue weighted by Crippen LogP contribution is 2.27. The Kier molecular flexibility index (Phi) is 4.83. The molecule has 0 amide bonds. The van der Waals surface area contributed by atoms with Crippen molar-refractivity contribution in [2.24, 2.45) is 0 Å². The van der Waals surface area contributed by atoms with Crippen LogP contribution in [0.1, 0.15) is 44.6 Å². The van der Waals surface area contributed by atoms with Crippen molar-refractivity contribution in [1.82, 2.24) is 4.31 Å². The van der Waals surface area contributed by atoms with Gasteiger partial charge in [0, 0.05) is 12.6 Å². The van der Waals surface area contributed by atoms with E-state index in [4.69, 9.17) is 0 Å². The molecule has 0 aliphatic carbocycles. The highest BCUT2D eigenvalue weighted by Gasteiger charge is 2.34. The first-order valence-electron chi connectivity index (χ1n) is 7.23. The summed E-state index contributed by atoms with van der Waals surface area (Å²) in [4.78, 5) is 0.324. The molecule has 0 aromatic heterocycles. The molecule has 1 aromatic carbocycles. The van der Waals surface area contributed by atoms with Gasteiger partial charge in [0.1, 0.15) is 0 Å². The number of hydrogen-bond acceptors (Lipinski definition) is 3. The van der Waals surface area contributed by atoms with Crippen LogP contribution in [0.15, 0.2) is 29.2 Å². The smallest absolute Gasteiger partial charge is 0.243 e. The highest BCUT2D eigenvalue weighted by molar-refractivity contribution is 7.89. The Hall–Kier alpha value is -0.910. The molecule has 5 heteroatoms. The summed E-state index contributed by atoms with van der Waals surface area (Å²) in [6.07, 6.45) is 2.58. The van der Waals surface area contributed by atoms with Crippen molar-refractivity contribution in [3.05, 3.63) is 29.8 Å². The van der Waals surface area contributed by atoms with E-state index in [1.165, 1.54) is 4.31 Å². The maximum Gasteiger partial charge on any atom is 0.243 e. The minimum absolute atomic E-state index is 0.107. The molecule has 1 aliphatic heterocycles. The zero-order valence-electron chi connectivity index (χ0n) is 12.1. The van der Waals surface area contributed by atoms with Gasteiger partial charge in [0.05, 0.1) is 11.5 Å². The van der Waals surface area contributed by atoms with Gasteiger partial charge in [-0.1, -0.05) is 26.0 Å². The lowest BCUT2D eigenvalue weighted by Gasteiger charge is -2.22. The second kappa shape index (κ2) is 6.24. The largest absolute Gasteiger partial charge is 0.395 e. The van der Waals surface area contributed by atoms with Crippen LogP contribution in [0.4, 0.5) is 0 Å². The molecule has 20 heavy (non-hydrogen) atoms. The Morgan fingerprint density at radius 1 is 1.35 bits per heavy atom. The molecule has 2 rings (SSSR count). The molecule has 2 atom stereocenters. The van der Waals surface area contributed by atoms with Gasteiger partial charge in [-0.2, -0.15) is 4.31 Å². The van der Waals surface area contributed by atoms with E-state index in [2.05, 4.69) is 13.8 Å². The van der Waals surface area contributed by atoms with E-state index in [0.29, 0.717) is 17.4 Å². The van der Waals surface area contributed by atoms with Crippen molar-refractivity contribution in [1.29, 1.82) is 0 Å². The predicted molar refractivity (Wildman–Crippen MR) is 79.1 cm³/mol. The fourth-order valence-corrected chi connectivity index (χ4v) is 4.33. The zero-order chi connectivity index (χ0) is 14.8. The van der Waals surface area contributed by atoms with Crippen molar-refractivity contribution in [2.45, 2.75) is 50.0 Å². The molecule has 1 unspecified atom stereocenters. The van der Waals surface area contributed by atoms with Crippen LogP contribution in [-0.2, 0) is 10.0 Å². The van der Waals surface area contributed by atoms with Crippen molar-refractivity contribution < 1.29 is 13.5 Å². The third-order valence-electron chi connectivity index (χ3n) is 4.20. The summed E-state index contributed by atoms with van der Waals surface area (Å²) in [5.74, 6) is 0.434. The van der Waals surface area contributed by atoms with Gasteiger partial charge in [0.15, 0.2) is 0 Å². The Bertz CT molecular complexity index is 539. The summed E-state index contributed by atoms with van der Waals surface area (Å²) < 4.78 is 26.6. The Morgan fingerprint density at radius 2 is 2.00 bits per heavy atom. The number of sulfonamides is 1. The molecule has 0 radical (unpaired) electrons. The van der Waals surface area contributed by atoms with Gasteiger partial charge in [0.2, 0.25) is 10.0 Å². The summed E-state index contributed by atoms with van der Waals surface area (Å²) in [7, 11) is -3.48. The average molecular weight is 297 g/mol. The maximum atomic E-state index is 12.6. The van der Waals surface area contributed by atoms with Crippen LogP contribution in [0.25, 0.3) is 0 Å². The van der Waals surface area contributed by atoms with Crippen LogP contribution >= 0.6 is 0 Å². The standard InChI is InChI=1S/C15H23NO3S/c1-3-12(2)13-6-8-15(9-7-13)20(18,19)16-10-4-5-14(16)11-17/h6-9,12,14,17H,3-5,10-11H2,1-2H3/t12?,14-/m0/s1. The Balaban J connectivity index is 2.26. The number of aliphatic hydroxyl groups excluding tert-OH is 1. The quantitative estimate of drug-likeness (QED) is 0.907. The topological polar surface area (TPSA) is 57.6 Å². The van der Waals surface area contributed by atoms with Crippen molar-refractivity contribution in [3.63, 3.8) is 0 Å². The van der Waals surface area contributed by atoms with E-state index < -0.39 is 10.0 Å².